The van der Waals surface area contributed by atoms with E-state index in [2.05, 4.69) is 25.2 Å². The fourth-order valence-electron chi connectivity index (χ4n) is 1.81. The van der Waals surface area contributed by atoms with Gasteiger partial charge in [-0.3, -0.25) is 0 Å². The normalized spacial score (nSPS) is 12.2. The summed E-state index contributed by atoms with van der Waals surface area (Å²) in [7, 11) is 3.31. The van der Waals surface area contributed by atoms with Gasteiger partial charge < -0.3 is 14.8 Å². The second-order valence-corrected chi connectivity index (χ2v) is 3.63. The predicted molar refractivity (Wildman–Crippen MR) is 66.3 cm³/mol. The van der Waals surface area contributed by atoms with Crippen molar-refractivity contribution in [2.75, 3.05) is 20.8 Å². The van der Waals surface area contributed by atoms with Crippen molar-refractivity contribution in [2.45, 2.75) is 26.3 Å². The molecule has 0 saturated carbocycles. The van der Waals surface area contributed by atoms with Crippen LogP contribution in [-0.4, -0.2) is 20.8 Å². The van der Waals surface area contributed by atoms with Crippen LogP contribution in [0, 0.1) is 0 Å². The third-order valence-electron chi connectivity index (χ3n) is 2.67. The van der Waals surface area contributed by atoms with Crippen molar-refractivity contribution in [2.24, 2.45) is 0 Å². The number of nitrogens with one attached hydrogen (secondary N) is 1. The predicted octanol–water partition coefficient (Wildman–Crippen LogP) is 2.76. The summed E-state index contributed by atoms with van der Waals surface area (Å²) in [6.07, 6.45) is 1.06. The molecule has 1 aromatic rings. The lowest BCUT2D eigenvalue weighted by atomic mass is 10.0. The first-order valence-electron chi connectivity index (χ1n) is 5.72. The summed E-state index contributed by atoms with van der Waals surface area (Å²) in [4.78, 5) is 0. The highest BCUT2D eigenvalue weighted by molar-refractivity contribution is 5.43. The molecule has 1 aromatic carbocycles. The van der Waals surface area contributed by atoms with Gasteiger partial charge in [-0.15, -0.1) is 0 Å². The van der Waals surface area contributed by atoms with E-state index in [1.54, 1.807) is 14.2 Å². The van der Waals surface area contributed by atoms with Gasteiger partial charge in [0.2, 0.25) is 0 Å². The maximum atomic E-state index is 5.30. The average molecular weight is 223 g/mol. The largest absolute Gasteiger partial charge is 0.493 e. The van der Waals surface area contributed by atoms with Crippen molar-refractivity contribution in [3.05, 3.63) is 23.8 Å². The van der Waals surface area contributed by atoms with E-state index in [4.69, 9.17) is 9.47 Å². The first-order chi connectivity index (χ1) is 7.76. The number of rotatable bonds is 6. The lowest BCUT2D eigenvalue weighted by Gasteiger charge is -2.18. The molecule has 0 aliphatic heterocycles. The molecule has 0 spiro atoms. The summed E-state index contributed by atoms with van der Waals surface area (Å²) in [5.74, 6) is 1.56. The lowest BCUT2D eigenvalue weighted by Crippen LogP contribution is -2.20. The molecule has 0 aliphatic rings. The van der Waals surface area contributed by atoms with Gasteiger partial charge in [-0.2, -0.15) is 0 Å². The van der Waals surface area contributed by atoms with Crippen LogP contribution in [0.5, 0.6) is 11.5 Å². The number of hydrogen-bond acceptors (Lipinski definition) is 3. The first-order valence-corrected chi connectivity index (χ1v) is 5.72. The van der Waals surface area contributed by atoms with Crippen molar-refractivity contribution in [1.82, 2.24) is 5.32 Å². The van der Waals surface area contributed by atoms with E-state index in [0.29, 0.717) is 6.04 Å². The van der Waals surface area contributed by atoms with Gasteiger partial charge in [0.05, 0.1) is 14.2 Å². The fourth-order valence-corrected chi connectivity index (χ4v) is 1.81. The molecule has 0 aromatic heterocycles. The molecule has 0 aliphatic carbocycles. The summed E-state index contributed by atoms with van der Waals surface area (Å²) >= 11 is 0. The standard InChI is InChI=1S/C13H21NO2/c1-5-11(14-6-2)10-7-8-12(15-3)13(9-10)16-4/h7-9,11,14H,5-6H2,1-4H3. The van der Waals surface area contributed by atoms with Crippen LogP contribution in [0.3, 0.4) is 0 Å². The number of hydrogen-bond donors (Lipinski definition) is 1. The minimum atomic E-state index is 0.379. The maximum absolute atomic E-state index is 5.30. The van der Waals surface area contributed by atoms with E-state index in [1.165, 1.54) is 5.56 Å². The zero-order valence-corrected chi connectivity index (χ0v) is 10.5. The van der Waals surface area contributed by atoms with Gasteiger partial charge in [0.1, 0.15) is 0 Å². The minimum absolute atomic E-state index is 0.379. The zero-order chi connectivity index (χ0) is 12.0. The smallest absolute Gasteiger partial charge is 0.161 e. The van der Waals surface area contributed by atoms with E-state index >= 15 is 0 Å². The molecular weight excluding hydrogens is 202 g/mol. The van der Waals surface area contributed by atoms with Gasteiger partial charge in [-0.05, 0) is 30.7 Å². The Balaban J connectivity index is 2.96. The van der Waals surface area contributed by atoms with E-state index in [-0.39, 0.29) is 0 Å². The highest BCUT2D eigenvalue weighted by Crippen LogP contribution is 2.30. The molecule has 0 bridgehead atoms. The Morgan fingerprint density at radius 3 is 2.31 bits per heavy atom. The second kappa shape index (κ2) is 6.38. The minimum Gasteiger partial charge on any atom is -0.493 e. The van der Waals surface area contributed by atoms with Crippen LogP contribution >= 0.6 is 0 Å². The van der Waals surface area contributed by atoms with Crippen molar-refractivity contribution < 1.29 is 9.47 Å². The molecule has 0 heterocycles. The molecule has 90 valence electrons. The van der Waals surface area contributed by atoms with Gasteiger partial charge in [0.15, 0.2) is 11.5 Å². The van der Waals surface area contributed by atoms with Crippen molar-refractivity contribution in [3.8, 4) is 11.5 Å². The van der Waals surface area contributed by atoms with Crippen LogP contribution in [0.15, 0.2) is 18.2 Å². The molecule has 0 fully saturated rings. The van der Waals surface area contributed by atoms with Gasteiger partial charge in [0, 0.05) is 6.04 Å². The Labute approximate surface area is 97.8 Å². The first kappa shape index (κ1) is 12.8. The number of methoxy groups -OCH3 is 2. The molecule has 1 N–H and O–H groups in total. The zero-order valence-electron chi connectivity index (χ0n) is 10.5. The van der Waals surface area contributed by atoms with Gasteiger partial charge in [-0.1, -0.05) is 19.9 Å². The van der Waals surface area contributed by atoms with Gasteiger partial charge in [-0.25, -0.2) is 0 Å². The van der Waals surface area contributed by atoms with Crippen LogP contribution in [0.25, 0.3) is 0 Å². The van der Waals surface area contributed by atoms with Crippen molar-refractivity contribution in [1.29, 1.82) is 0 Å². The van der Waals surface area contributed by atoms with Crippen LogP contribution in [0.4, 0.5) is 0 Å². The summed E-state index contributed by atoms with van der Waals surface area (Å²) in [6, 6.07) is 6.45. The van der Waals surface area contributed by atoms with Crippen LogP contribution in [0.1, 0.15) is 31.9 Å². The SMILES string of the molecule is CCNC(CC)c1ccc(OC)c(OC)c1. The molecule has 0 amide bonds. The third-order valence-corrected chi connectivity index (χ3v) is 2.67. The summed E-state index contributed by atoms with van der Waals surface area (Å²) in [5.41, 5.74) is 1.24. The fraction of sp³-hybridized carbons (Fsp3) is 0.538. The molecule has 1 rings (SSSR count). The maximum Gasteiger partial charge on any atom is 0.161 e. The van der Waals surface area contributed by atoms with Gasteiger partial charge >= 0.3 is 0 Å². The Bertz CT molecular complexity index is 326. The topological polar surface area (TPSA) is 30.5 Å². The molecular formula is C13H21NO2. The number of benzene rings is 1. The van der Waals surface area contributed by atoms with E-state index in [1.807, 2.05) is 12.1 Å². The third kappa shape index (κ3) is 2.89. The Morgan fingerprint density at radius 2 is 1.81 bits per heavy atom. The van der Waals surface area contributed by atoms with Gasteiger partial charge in [0.25, 0.3) is 0 Å². The van der Waals surface area contributed by atoms with E-state index in [0.717, 1.165) is 24.5 Å². The summed E-state index contributed by atoms with van der Waals surface area (Å²) in [6.45, 7) is 5.25. The van der Waals surface area contributed by atoms with E-state index < -0.39 is 0 Å². The molecule has 1 atom stereocenters. The summed E-state index contributed by atoms with van der Waals surface area (Å²) in [5, 5.41) is 3.44. The Morgan fingerprint density at radius 1 is 1.12 bits per heavy atom. The monoisotopic (exact) mass is 223 g/mol. The van der Waals surface area contributed by atoms with Crippen molar-refractivity contribution in [3.63, 3.8) is 0 Å². The second-order valence-electron chi connectivity index (χ2n) is 3.63. The number of ether oxygens (including phenoxy) is 2. The van der Waals surface area contributed by atoms with Crippen LogP contribution < -0.4 is 14.8 Å². The molecule has 3 nitrogen and oxygen atoms in total. The molecule has 16 heavy (non-hydrogen) atoms. The lowest BCUT2D eigenvalue weighted by molar-refractivity contribution is 0.353. The molecule has 3 heteroatoms. The van der Waals surface area contributed by atoms with Crippen LogP contribution in [-0.2, 0) is 0 Å². The molecule has 0 saturated heterocycles. The summed E-state index contributed by atoms with van der Waals surface area (Å²) < 4.78 is 10.5. The average Bonchev–Trinajstić information content (AvgIpc) is 2.35. The molecule has 0 radical (unpaired) electrons. The Hall–Kier alpha value is -1.22. The van der Waals surface area contributed by atoms with E-state index in [9.17, 15) is 0 Å². The highest BCUT2D eigenvalue weighted by Gasteiger charge is 2.11. The highest BCUT2D eigenvalue weighted by atomic mass is 16.5. The quantitative estimate of drug-likeness (QED) is 0.804. The molecule has 1 unspecified atom stereocenters. The Kier molecular flexibility index (Phi) is 5.12. The van der Waals surface area contributed by atoms with Crippen LogP contribution in [0.2, 0.25) is 0 Å². The van der Waals surface area contributed by atoms with Crippen molar-refractivity contribution >= 4 is 0 Å².